The van der Waals surface area contributed by atoms with E-state index < -0.39 is 0 Å². The van der Waals surface area contributed by atoms with Crippen LogP contribution in [0.25, 0.3) is 0 Å². The van der Waals surface area contributed by atoms with Crippen molar-refractivity contribution in [2.45, 2.75) is 0 Å². The van der Waals surface area contributed by atoms with Crippen LogP contribution < -0.4 is 11.5 Å². The van der Waals surface area contributed by atoms with Crippen molar-refractivity contribution in [2.75, 3.05) is 12.5 Å². The molecule has 0 bridgehead atoms. The van der Waals surface area contributed by atoms with Gasteiger partial charge in [-0.3, -0.25) is 0 Å². The van der Waals surface area contributed by atoms with E-state index in [1.165, 1.54) is 18.0 Å². The van der Waals surface area contributed by atoms with Crippen molar-refractivity contribution in [2.24, 2.45) is 11.5 Å². The largest absolute Gasteiger partial charge is 0.404 e. The van der Waals surface area contributed by atoms with E-state index in [0.717, 1.165) is 0 Å². The Balaban J connectivity index is 3.38. The van der Waals surface area contributed by atoms with E-state index in [-0.39, 0.29) is 6.61 Å². The van der Waals surface area contributed by atoms with Gasteiger partial charge in [-0.05, 0) is 0 Å². The second-order valence-corrected chi connectivity index (χ2v) is 2.25. The molecular formula is C4H10N2OS. The first-order valence-electron chi connectivity index (χ1n) is 2.19. The SMILES string of the molecule is N/C=C(/CO)SCN. The van der Waals surface area contributed by atoms with Gasteiger partial charge in [-0.15, -0.1) is 11.8 Å². The minimum Gasteiger partial charge on any atom is -0.404 e. The highest BCUT2D eigenvalue weighted by atomic mass is 32.2. The third-order valence-corrected chi connectivity index (χ3v) is 1.41. The minimum atomic E-state index is -0.0155. The Hall–Kier alpha value is -0.190. The normalized spacial score (nSPS) is 12.0. The molecule has 0 aromatic rings. The Labute approximate surface area is 52.7 Å². The zero-order valence-corrected chi connectivity index (χ0v) is 5.32. The maximum Gasteiger partial charge on any atom is 0.0755 e. The first kappa shape index (κ1) is 7.81. The molecule has 0 aliphatic carbocycles. The van der Waals surface area contributed by atoms with Gasteiger partial charge >= 0.3 is 0 Å². The van der Waals surface area contributed by atoms with Gasteiger partial charge in [0.15, 0.2) is 0 Å². The van der Waals surface area contributed by atoms with Gasteiger partial charge in [-0.25, -0.2) is 0 Å². The standard InChI is InChI=1S/C4H10N2OS/c5-1-4(2-7)8-3-6/h1,7H,2-3,5-6H2/b4-1-. The van der Waals surface area contributed by atoms with E-state index in [2.05, 4.69) is 0 Å². The number of hydrogen-bond donors (Lipinski definition) is 3. The summed E-state index contributed by atoms with van der Waals surface area (Å²) in [5.41, 5.74) is 10.2. The van der Waals surface area contributed by atoms with Crippen molar-refractivity contribution in [3.8, 4) is 0 Å². The monoisotopic (exact) mass is 134 g/mol. The maximum absolute atomic E-state index is 8.43. The maximum atomic E-state index is 8.43. The van der Waals surface area contributed by atoms with Crippen LogP contribution in [0.1, 0.15) is 0 Å². The van der Waals surface area contributed by atoms with Gasteiger partial charge in [-0.2, -0.15) is 0 Å². The molecule has 0 amide bonds. The quantitative estimate of drug-likeness (QED) is 0.452. The predicted molar refractivity (Wildman–Crippen MR) is 36.0 cm³/mol. The highest BCUT2D eigenvalue weighted by molar-refractivity contribution is 8.03. The number of hydrogen-bond acceptors (Lipinski definition) is 4. The van der Waals surface area contributed by atoms with Gasteiger partial charge in [0, 0.05) is 17.0 Å². The molecule has 0 aliphatic heterocycles. The smallest absolute Gasteiger partial charge is 0.0755 e. The molecule has 0 fully saturated rings. The third kappa shape index (κ3) is 2.90. The van der Waals surface area contributed by atoms with Gasteiger partial charge in [0.2, 0.25) is 0 Å². The first-order valence-corrected chi connectivity index (χ1v) is 3.18. The van der Waals surface area contributed by atoms with Crippen molar-refractivity contribution in [1.29, 1.82) is 0 Å². The van der Waals surface area contributed by atoms with Crippen LogP contribution >= 0.6 is 11.8 Å². The van der Waals surface area contributed by atoms with Crippen molar-refractivity contribution in [1.82, 2.24) is 0 Å². The number of aliphatic hydroxyl groups is 1. The summed E-state index contributed by atoms with van der Waals surface area (Å²) < 4.78 is 0. The molecule has 5 N–H and O–H groups in total. The zero-order chi connectivity index (χ0) is 6.41. The van der Waals surface area contributed by atoms with Crippen LogP contribution in [0.3, 0.4) is 0 Å². The molecule has 0 saturated carbocycles. The molecule has 8 heavy (non-hydrogen) atoms. The summed E-state index contributed by atoms with van der Waals surface area (Å²) in [5, 5.41) is 8.43. The average Bonchev–Trinajstić information content (AvgIpc) is 1.83. The van der Waals surface area contributed by atoms with E-state index in [0.29, 0.717) is 10.8 Å². The third-order valence-electron chi connectivity index (χ3n) is 0.610. The molecule has 0 radical (unpaired) electrons. The lowest BCUT2D eigenvalue weighted by Crippen LogP contribution is -1.97. The zero-order valence-electron chi connectivity index (χ0n) is 4.50. The highest BCUT2D eigenvalue weighted by Gasteiger charge is 1.89. The Kier molecular flexibility index (Phi) is 4.84. The summed E-state index contributed by atoms with van der Waals surface area (Å²) in [4.78, 5) is 0.715. The summed E-state index contributed by atoms with van der Waals surface area (Å²) in [7, 11) is 0. The minimum absolute atomic E-state index is 0.0155. The molecule has 0 aromatic carbocycles. The predicted octanol–water partition coefficient (Wildman–Crippen LogP) is -0.572. The van der Waals surface area contributed by atoms with Crippen LogP contribution in [-0.4, -0.2) is 17.6 Å². The molecule has 48 valence electrons. The van der Waals surface area contributed by atoms with Gasteiger partial charge < -0.3 is 16.6 Å². The number of rotatable bonds is 3. The van der Waals surface area contributed by atoms with Crippen molar-refractivity contribution < 1.29 is 5.11 Å². The van der Waals surface area contributed by atoms with Gasteiger partial charge in [-0.1, -0.05) is 0 Å². The van der Waals surface area contributed by atoms with Crippen molar-refractivity contribution in [3.63, 3.8) is 0 Å². The highest BCUT2D eigenvalue weighted by Crippen LogP contribution is 2.09. The lowest BCUT2D eigenvalue weighted by atomic mass is 10.6. The molecule has 0 saturated heterocycles. The molecule has 3 nitrogen and oxygen atoms in total. The molecule has 0 unspecified atom stereocenters. The summed E-state index contributed by atoms with van der Waals surface area (Å²) in [5.74, 6) is 0.462. The molecule has 4 heteroatoms. The molecule has 0 aromatic heterocycles. The Morgan fingerprint density at radius 3 is 2.50 bits per heavy atom. The molecule has 0 rings (SSSR count). The van der Waals surface area contributed by atoms with Crippen LogP contribution in [0.2, 0.25) is 0 Å². The Bertz CT molecular complexity index is 84.1. The molecule has 0 spiro atoms. The Morgan fingerprint density at radius 2 is 2.38 bits per heavy atom. The molecule has 0 aliphatic rings. The van der Waals surface area contributed by atoms with Crippen LogP contribution in [0.15, 0.2) is 11.1 Å². The van der Waals surface area contributed by atoms with E-state index in [1.807, 2.05) is 0 Å². The second kappa shape index (κ2) is 4.96. The summed E-state index contributed by atoms with van der Waals surface area (Å²) in [6.07, 6.45) is 1.36. The van der Waals surface area contributed by atoms with Gasteiger partial charge in [0.05, 0.1) is 6.61 Å². The summed E-state index contributed by atoms with van der Waals surface area (Å²) >= 11 is 1.34. The number of thioether (sulfide) groups is 1. The molecular weight excluding hydrogens is 124 g/mol. The number of aliphatic hydroxyl groups excluding tert-OH is 1. The van der Waals surface area contributed by atoms with Gasteiger partial charge in [0.1, 0.15) is 0 Å². The van der Waals surface area contributed by atoms with Crippen LogP contribution in [-0.2, 0) is 0 Å². The van der Waals surface area contributed by atoms with E-state index >= 15 is 0 Å². The fourth-order valence-corrected chi connectivity index (χ4v) is 0.655. The molecule has 0 atom stereocenters. The van der Waals surface area contributed by atoms with Crippen LogP contribution in [0.4, 0.5) is 0 Å². The summed E-state index contributed by atoms with van der Waals surface area (Å²) in [6.45, 7) is -0.0155. The average molecular weight is 134 g/mol. The van der Waals surface area contributed by atoms with Crippen molar-refractivity contribution in [3.05, 3.63) is 11.1 Å². The van der Waals surface area contributed by atoms with E-state index in [9.17, 15) is 0 Å². The van der Waals surface area contributed by atoms with E-state index in [1.54, 1.807) is 0 Å². The number of nitrogens with two attached hydrogens (primary N) is 2. The summed E-state index contributed by atoms with van der Waals surface area (Å²) in [6, 6.07) is 0. The fraction of sp³-hybridized carbons (Fsp3) is 0.500. The van der Waals surface area contributed by atoms with E-state index in [4.69, 9.17) is 16.6 Å². The first-order chi connectivity index (χ1) is 3.85. The van der Waals surface area contributed by atoms with Crippen molar-refractivity contribution >= 4 is 11.8 Å². The Morgan fingerprint density at radius 1 is 1.75 bits per heavy atom. The molecule has 0 heterocycles. The fourth-order valence-electron chi connectivity index (χ4n) is 0.253. The van der Waals surface area contributed by atoms with Crippen LogP contribution in [0.5, 0.6) is 0 Å². The lowest BCUT2D eigenvalue weighted by molar-refractivity contribution is 0.339. The van der Waals surface area contributed by atoms with Gasteiger partial charge in [0.25, 0.3) is 0 Å². The second-order valence-electron chi connectivity index (χ2n) is 1.10. The van der Waals surface area contributed by atoms with Crippen LogP contribution in [0, 0.1) is 0 Å². The lowest BCUT2D eigenvalue weighted by Gasteiger charge is -1.96. The topological polar surface area (TPSA) is 72.3 Å².